The summed E-state index contributed by atoms with van der Waals surface area (Å²) in [5.41, 5.74) is 7.16. The second kappa shape index (κ2) is 6.82. The number of nitrogen functional groups attached to an aromatic ring is 1. The lowest BCUT2D eigenvalue weighted by molar-refractivity contribution is 0.301. The van der Waals surface area contributed by atoms with Crippen LogP contribution in [0.3, 0.4) is 0 Å². The average Bonchev–Trinajstić information content (AvgIpc) is 2.43. The van der Waals surface area contributed by atoms with Gasteiger partial charge in [-0.15, -0.1) is 0 Å². The Hall–Kier alpha value is -1.45. The smallest absolute Gasteiger partial charge is 0.167 e. The lowest BCUT2D eigenvalue weighted by atomic mass is 9.86. The molecule has 0 aliphatic heterocycles. The van der Waals surface area contributed by atoms with Crippen molar-refractivity contribution in [2.45, 2.75) is 52.0 Å². The summed E-state index contributed by atoms with van der Waals surface area (Å²) in [4.78, 5) is 0. The zero-order valence-electron chi connectivity index (χ0n) is 12.4. The van der Waals surface area contributed by atoms with Gasteiger partial charge in [0.2, 0.25) is 0 Å². The van der Waals surface area contributed by atoms with Crippen LogP contribution in [0.4, 0.5) is 15.8 Å². The van der Waals surface area contributed by atoms with Crippen molar-refractivity contribution >= 4 is 11.4 Å². The Bertz CT molecular complexity index is 450. The Morgan fingerprint density at radius 1 is 1.35 bits per heavy atom. The zero-order valence-corrected chi connectivity index (χ0v) is 12.4. The van der Waals surface area contributed by atoms with Crippen molar-refractivity contribution in [3.05, 3.63) is 17.9 Å². The van der Waals surface area contributed by atoms with Crippen LogP contribution in [0.1, 0.15) is 46.0 Å². The summed E-state index contributed by atoms with van der Waals surface area (Å²) in [6.45, 7) is 4.77. The number of ether oxygens (including phenoxy) is 1. The van der Waals surface area contributed by atoms with Gasteiger partial charge >= 0.3 is 0 Å². The summed E-state index contributed by atoms with van der Waals surface area (Å²) in [5.74, 6) is 0.512. The fraction of sp³-hybridized carbons (Fsp3) is 0.625. The molecule has 2 rings (SSSR count). The van der Waals surface area contributed by atoms with E-state index in [0.29, 0.717) is 24.3 Å². The highest BCUT2D eigenvalue weighted by Gasteiger charge is 2.22. The molecule has 2 unspecified atom stereocenters. The molecule has 3 nitrogen and oxygen atoms in total. The molecule has 1 aromatic rings. The molecule has 0 bridgehead atoms. The first-order valence-corrected chi connectivity index (χ1v) is 7.60. The maximum atomic E-state index is 13.8. The highest BCUT2D eigenvalue weighted by molar-refractivity contribution is 5.69. The van der Waals surface area contributed by atoms with Crippen LogP contribution < -0.4 is 15.8 Å². The van der Waals surface area contributed by atoms with Gasteiger partial charge in [-0.1, -0.05) is 26.7 Å². The van der Waals surface area contributed by atoms with Gasteiger partial charge in [0.25, 0.3) is 0 Å². The standard InChI is InChI=1S/C16H25FN2O/c1-3-8-20-16-10-15(13(18)9-12(16)17)19-14-7-5-4-6-11(14)2/h9-11,14,19H,3-8,18H2,1-2H3. The first-order chi connectivity index (χ1) is 9.61. The number of halogens is 1. The molecular formula is C16H25FN2O. The van der Waals surface area contributed by atoms with E-state index in [-0.39, 0.29) is 5.75 Å². The minimum absolute atomic E-state index is 0.284. The minimum atomic E-state index is -0.391. The van der Waals surface area contributed by atoms with Gasteiger partial charge in [-0.2, -0.15) is 0 Å². The van der Waals surface area contributed by atoms with Crippen molar-refractivity contribution in [3.63, 3.8) is 0 Å². The lowest BCUT2D eigenvalue weighted by Gasteiger charge is -2.31. The molecular weight excluding hydrogens is 255 g/mol. The molecule has 3 N–H and O–H groups in total. The predicted octanol–water partition coefficient (Wildman–Crippen LogP) is 4.19. The van der Waals surface area contributed by atoms with E-state index in [4.69, 9.17) is 10.5 Å². The van der Waals surface area contributed by atoms with Crippen molar-refractivity contribution < 1.29 is 9.13 Å². The van der Waals surface area contributed by atoms with Gasteiger partial charge in [0.05, 0.1) is 18.0 Å². The Labute approximate surface area is 120 Å². The van der Waals surface area contributed by atoms with Crippen LogP contribution >= 0.6 is 0 Å². The third kappa shape index (κ3) is 3.56. The molecule has 0 amide bonds. The van der Waals surface area contributed by atoms with Gasteiger partial charge in [-0.3, -0.25) is 0 Å². The third-order valence-corrected chi connectivity index (χ3v) is 4.02. The summed E-state index contributed by atoms with van der Waals surface area (Å²) in [6.07, 6.45) is 5.76. The van der Waals surface area contributed by atoms with E-state index in [1.807, 2.05) is 6.92 Å². The van der Waals surface area contributed by atoms with E-state index < -0.39 is 5.82 Å². The molecule has 0 saturated heterocycles. The Morgan fingerprint density at radius 2 is 2.10 bits per heavy atom. The zero-order chi connectivity index (χ0) is 14.5. The summed E-state index contributed by atoms with van der Waals surface area (Å²) in [6, 6.07) is 3.46. The maximum absolute atomic E-state index is 13.8. The number of hydrogen-bond acceptors (Lipinski definition) is 3. The molecule has 0 heterocycles. The summed E-state index contributed by atoms with van der Waals surface area (Å²) < 4.78 is 19.2. The second-order valence-electron chi connectivity index (χ2n) is 5.73. The van der Waals surface area contributed by atoms with Crippen LogP contribution in [0.5, 0.6) is 5.75 Å². The van der Waals surface area contributed by atoms with Crippen LogP contribution in [-0.4, -0.2) is 12.6 Å². The number of anilines is 2. The lowest BCUT2D eigenvalue weighted by Crippen LogP contribution is -2.30. The molecule has 1 aliphatic rings. The summed E-state index contributed by atoms with van der Waals surface area (Å²) in [7, 11) is 0. The van der Waals surface area contributed by atoms with Crippen LogP contribution in [0, 0.1) is 11.7 Å². The van der Waals surface area contributed by atoms with Crippen molar-refractivity contribution in [2.75, 3.05) is 17.7 Å². The first-order valence-electron chi connectivity index (χ1n) is 7.60. The molecule has 0 radical (unpaired) electrons. The number of hydrogen-bond donors (Lipinski definition) is 2. The second-order valence-corrected chi connectivity index (χ2v) is 5.73. The molecule has 2 atom stereocenters. The Morgan fingerprint density at radius 3 is 2.80 bits per heavy atom. The van der Waals surface area contributed by atoms with Crippen LogP contribution in [0.25, 0.3) is 0 Å². The molecule has 1 aromatic carbocycles. The quantitative estimate of drug-likeness (QED) is 0.795. The van der Waals surface area contributed by atoms with Gasteiger partial charge in [-0.05, 0) is 25.2 Å². The molecule has 0 spiro atoms. The van der Waals surface area contributed by atoms with Crippen molar-refractivity contribution in [3.8, 4) is 5.75 Å². The van der Waals surface area contributed by atoms with E-state index in [0.717, 1.165) is 18.5 Å². The van der Waals surface area contributed by atoms with Crippen molar-refractivity contribution in [2.24, 2.45) is 5.92 Å². The van der Waals surface area contributed by atoms with E-state index in [9.17, 15) is 4.39 Å². The first kappa shape index (κ1) is 14.9. The van der Waals surface area contributed by atoms with Gasteiger partial charge < -0.3 is 15.8 Å². The predicted molar refractivity (Wildman–Crippen MR) is 81.6 cm³/mol. The SMILES string of the molecule is CCCOc1cc(NC2CCCCC2C)c(N)cc1F. The van der Waals surface area contributed by atoms with Gasteiger partial charge in [-0.25, -0.2) is 4.39 Å². The van der Waals surface area contributed by atoms with Crippen LogP contribution in [0.15, 0.2) is 12.1 Å². The number of benzene rings is 1. The van der Waals surface area contributed by atoms with Gasteiger partial charge in [0.1, 0.15) is 0 Å². The normalized spacial score (nSPS) is 22.6. The van der Waals surface area contributed by atoms with Crippen LogP contribution in [0.2, 0.25) is 0 Å². The van der Waals surface area contributed by atoms with Crippen molar-refractivity contribution in [1.29, 1.82) is 0 Å². The molecule has 1 fully saturated rings. The average molecular weight is 280 g/mol. The monoisotopic (exact) mass is 280 g/mol. The third-order valence-electron chi connectivity index (χ3n) is 4.02. The minimum Gasteiger partial charge on any atom is -0.490 e. The van der Waals surface area contributed by atoms with Gasteiger partial charge in [0.15, 0.2) is 11.6 Å². The summed E-state index contributed by atoms with van der Waals surface area (Å²) in [5, 5.41) is 3.47. The molecule has 112 valence electrons. The molecule has 0 aromatic heterocycles. The van der Waals surface area contributed by atoms with E-state index in [2.05, 4.69) is 12.2 Å². The van der Waals surface area contributed by atoms with Crippen molar-refractivity contribution in [1.82, 2.24) is 0 Å². The Balaban J connectivity index is 2.13. The maximum Gasteiger partial charge on any atom is 0.167 e. The molecule has 4 heteroatoms. The number of rotatable bonds is 5. The van der Waals surface area contributed by atoms with E-state index >= 15 is 0 Å². The van der Waals surface area contributed by atoms with Gasteiger partial charge in [0, 0.05) is 18.2 Å². The number of nitrogens with one attached hydrogen (secondary N) is 1. The number of nitrogens with two attached hydrogens (primary N) is 1. The molecule has 1 aliphatic carbocycles. The Kier molecular flexibility index (Phi) is 5.10. The van der Waals surface area contributed by atoms with E-state index in [1.165, 1.54) is 25.3 Å². The fourth-order valence-electron chi connectivity index (χ4n) is 2.75. The topological polar surface area (TPSA) is 47.3 Å². The molecule has 20 heavy (non-hydrogen) atoms. The summed E-state index contributed by atoms with van der Waals surface area (Å²) >= 11 is 0. The van der Waals surface area contributed by atoms with Crippen LogP contribution in [-0.2, 0) is 0 Å². The molecule has 1 saturated carbocycles. The highest BCUT2D eigenvalue weighted by Crippen LogP contribution is 2.32. The fourth-order valence-corrected chi connectivity index (χ4v) is 2.75. The highest BCUT2D eigenvalue weighted by atomic mass is 19.1. The largest absolute Gasteiger partial charge is 0.490 e. The van der Waals surface area contributed by atoms with E-state index in [1.54, 1.807) is 6.07 Å².